The Hall–Kier alpha value is -1.05. The normalized spacial score (nSPS) is 13.9. The summed E-state index contributed by atoms with van der Waals surface area (Å²) >= 11 is 0. The molecule has 0 fully saturated rings. The molecule has 0 heterocycles. The molecule has 25 heavy (non-hydrogen) atoms. The fourth-order valence-corrected chi connectivity index (χ4v) is 3.34. The second kappa shape index (κ2) is 16.4. The van der Waals surface area contributed by atoms with Crippen LogP contribution in [0, 0.1) is 5.92 Å². The Balaban J connectivity index is 3.79. The molecule has 0 aliphatic heterocycles. The number of hydrogen-bond donors (Lipinski definition) is 1. The standard InChI is InChI=1S/C23H42O2/c1-5-6-7-8-9-10-11-12-13-15-20(2)18-22(4)19-21(3)16-14-17-23(24)25/h15,19,21H,5-14,16-18H2,1-4H3,(H,24,25)/b20-15-,22-19+/t21-/m1/s1. The van der Waals surface area contributed by atoms with Crippen LogP contribution in [0.1, 0.15) is 111 Å². The molecule has 1 atom stereocenters. The van der Waals surface area contributed by atoms with E-state index in [1.807, 2.05) is 0 Å². The van der Waals surface area contributed by atoms with Crippen molar-refractivity contribution in [3.05, 3.63) is 23.3 Å². The lowest BCUT2D eigenvalue weighted by molar-refractivity contribution is -0.137. The van der Waals surface area contributed by atoms with Crippen molar-refractivity contribution in [2.45, 2.75) is 111 Å². The molecule has 1 N–H and O–H groups in total. The summed E-state index contributed by atoms with van der Waals surface area (Å²) < 4.78 is 0. The number of allylic oxidation sites excluding steroid dienone is 4. The molecule has 0 aromatic heterocycles. The Kier molecular flexibility index (Phi) is 15.7. The van der Waals surface area contributed by atoms with E-state index in [1.165, 1.54) is 68.9 Å². The predicted molar refractivity (Wildman–Crippen MR) is 110 cm³/mol. The highest BCUT2D eigenvalue weighted by Gasteiger charge is 2.03. The van der Waals surface area contributed by atoms with Gasteiger partial charge in [0.15, 0.2) is 0 Å². The number of rotatable bonds is 16. The Morgan fingerprint density at radius 1 is 0.920 bits per heavy atom. The van der Waals surface area contributed by atoms with Crippen molar-refractivity contribution in [3.63, 3.8) is 0 Å². The molecule has 2 nitrogen and oxygen atoms in total. The summed E-state index contributed by atoms with van der Waals surface area (Å²) in [6, 6.07) is 0. The average Bonchev–Trinajstić information content (AvgIpc) is 2.52. The van der Waals surface area contributed by atoms with E-state index in [0.717, 1.165) is 19.3 Å². The van der Waals surface area contributed by atoms with E-state index >= 15 is 0 Å². The largest absolute Gasteiger partial charge is 0.481 e. The molecule has 2 heteroatoms. The molecular weight excluding hydrogens is 308 g/mol. The van der Waals surface area contributed by atoms with Gasteiger partial charge in [0.25, 0.3) is 0 Å². The van der Waals surface area contributed by atoms with E-state index in [4.69, 9.17) is 5.11 Å². The maximum absolute atomic E-state index is 10.6. The lowest BCUT2D eigenvalue weighted by Crippen LogP contribution is -1.97. The first kappa shape index (κ1) is 23.9. The van der Waals surface area contributed by atoms with Gasteiger partial charge in [-0.3, -0.25) is 4.79 Å². The molecule has 0 aliphatic rings. The summed E-state index contributed by atoms with van der Waals surface area (Å²) in [6.07, 6.45) is 20.0. The third-order valence-corrected chi connectivity index (χ3v) is 4.73. The smallest absolute Gasteiger partial charge is 0.303 e. The molecule has 0 saturated heterocycles. The van der Waals surface area contributed by atoms with E-state index in [0.29, 0.717) is 5.92 Å². The number of carboxylic acid groups (broad SMARTS) is 1. The Morgan fingerprint density at radius 2 is 1.52 bits per heavy atom. The van der Waals surface area contributed by atoms with Crippen molar-refractivity contribution in [3.8, 4) is 0 Å². The van der Waals surface area contributed by atoms with E-state index in [2.05, 4.69) is 39.8 Å². The Morgan fingerprint density at radius 3 is 2.12 bits per heavy atom. The molecule has 0 spiro atoms. The van der Waals surface area contributed by atoms with Gasteiger partial charge in [-0.05, 0) is 51.9 Å². The maximum Gasteiger partial charge on any atom is 0.303 e. The van der Waals surface area contributed by atoms with Crippen LogP contribution >= 0.6 is 0 Å². The number of hydrogen-bond acceptors (Lipinski definition) is 1. The van der Waals surface area contributed by atoms with Crippen LogP contribution in [0.4, 0.5) is 0 Å². The maximum atomic E-state index is 10.6. The van der Waals surface area contributed by atoms with Crippen molar-refractivity contribution in [2.24, 2.45) is 5.92 Å². The molecule has 0 saturated carbocycles. The SMILES string of the molecule is CCCCCCCCCC/C=C(/C)C/C(C)=C/[C@H](C)CCCC(=O)O. The van der Waals surface area contributed by atoms with Crippen LogP contribution < -0.4 is 0 Å². The summed E-state index contributed by atoms with van der Waals surface area (Å²) in [5, 5.41) is 8.69. The highest BCUT2D eigenvalue weighted by molar-refractivity contribution is 5.66. The molecule has 0 aromatic rings. The first-order valence-corrected chi connectivity index (χ1v) is 10.5. The van der Waals surface area contributed by atoms with Crippen molar-refractivity contribution in [1.82, 2.24) is 0 Å². The van der Waals surface area contributed by atoms with Crippen LogP contribution in [0.3, 0.4) is 0 Å². The summed E-state index contributed by atoms with van der Waals surface area (Å²) in [7, 11) is 0. The summed E-state index contributed by atoms with van der Waals surface area (Å²) in [5.41, 5.74) is 2.88. The average molecular weight is 351 g/mol. The highest BCUT2D eigenvalue weighted by atomic mass is 16.4. The van der Waals surface area contributed by atoms with Crippen molar-refractivity contribution < 1.29 is 9.90 Å². The number of unbranched alkanes of at least 4 members (excludes halogenated alkanes) is 8. The van der Waals surface area contributed by atoms with Gasteiger partial charge >= 0.3 is 5.97 Å². The fourth-order valence-electron chi connectivity index (χ4n) is 3.34. The van der Waals surface area contributed by atoms with Crippen molar-refractivity contribution in [1.29, 1.82) is 0 Å². The quantitative estimate of drug-likeness (QED) is 0.229. The highest BCUT2D eigenvalue weighted by Crippen LogP contribution is 2.17. The van der Waals surface area contributed by atoms with Crippen LogP contribution in [0.5, 0.6) is 0 Å². The minimum absolute atomic E-state index is 0.286. The topological polar surface area (TPSA) is 37.3 Å². The molecule has 0 rings (SSSR count). The monoisotopic (exact) mass is 350 g/mol. The van der Waals surface area contributed by atoms with Gasteiger partial charge in [0.2, 0.25) is 0 Å². The zero-order chi connectivity index (χ0) is 18.9. The summed E-state index contributed by atoms with van der Waals surface area (Å²) in [4.78, 5) is 10.6. The molecule has 146 valence electrons. The van der Waals surface area contributed by atoms with Crippen molar-refractivity contribution in [2.75, 3.05) is 0 Å². The molecule has 0 amide bonds. The minimum Gasteiger partial charge on any atom is -0.481 e. The zero-order valence-corrected chi connectivity index (χ0v) is 17.3. The fraction of sp³-hybridized carbons (Fsp3) is 0.783. The molecule has 0 aromatic carbocycles. The van der Waals surface area contributed by atoms with Gasteiger partial charge in [0.1, 0.15) is 0 Å². The summed E-state index contributed by atoms with van der Waals surface area (Å²) in [6.45, 7) is 8.88. The van der Waals surface area contributed by atoms with Gasteiger partial charge in [-0.2, -0.15) is 0 Å². The third kappa shape index (κ3) is 17.6. The molecule has 0 bridgehead atoms. The lowest BCUT2D eigenvalue weighted by Gasteiger charge is -2.08. The zero-order valence-electron chi connectivity index (χ0n) is 17.3. The van der Waals surface area contributed by atoms with E-state index in [9.17, 15) is 4.79 Å². The lowest BCUT2D eigenvalue weighted by atomic mass is 9.98. The molecule has 0 aliphatic carbocycles. The summed E-state index contributed by atoms with van der Waals surface area (Å²) in [5.74, 6) is -0.215. The first-order chi connectivity index (χ1) is 12.0. The van der Waals surface area contributed by atoms with Crippen molar-refractivity contribution >= 4 is 5.97 Å². The van der Waals surface area contributed by atoms with Gasteiger partial charge in [0, 0.05) is 6.42 Å². The second-order valence-electron chi connectivity index (χ2n) is 7.77. The molecule has 0 unspecified atom stereocenters. The van der Waals surface area contributed by atoms with Crippen LogP contribution in [-0.2, 0) is 4.79 Å². The van der Waals surface area contributed by atoms with Crippen LogP contribution in [-0.4, -0.2) is 11.1 Å². The van der Waals surface area contributed by atoms with Gasteiger partial charge in [0.05, 0.1) is 0 Å². The number of carboxylic acids is 1. The van der Waals surface area contributed by atoms with E-state index in [1.54, 1.807) is 0 Å². The van der Waals surface area contributed by atoms with Gasteiger partial charge < -0.3 is 5.11 Å². The van der Waals surface area contributed by atoms with Crippen LogP contribution in [0.15, 0.2) is 23.3 Å². The van der Waals surface area contributed by atoms with Crippen LogP contribution in [0.2, 0.25) is 0 Å². The third-order valence-electron chi connectivity index (χ3n) is 4.73. The van der Waals surface area contributed by atoms with Gasteiger partial charge in [-0.15, -0.1) is 0 Å². The Labute approximate surface area is 156 Å². The predicted octanol–water partition coefficient (Wildman–Crippen LogP) is 7.69. The van der Waals surface area contributed by atoms with Gasteiger partial charge in [-0.1, -0.05) is 82.1 Å². The minimum atomic E-state index is -0.687. The first-order valence-electron chi connectivity index (χ1n) is 10.5. The van der Waals surface area contributed by atoms with Crippen LogP contribution in [0.25, 0.3) is 0 Å². The second-order valence-corrected chi connectivity index (χ2v) is 7.77. The number of aliphatic carboxylic acids is 1. The molecular formula is C23H42O2. The Bertz CT molecular complexity index is 393. The van der Waals surface area contributed by atoms with E-state index < -0.39 is 5.97 Å². The molecule has 0 radical (unpaired) electrons. The van der Waals surface area contributed by atoms with E-state index in [-0.39, 0.29) is 6.42 Å². The number of carbonyl (C=O) groups is 1. The van der Waals surface area contributed by atoms with Gasteiger partial charge in [-0.25, -0.2) is 0 Å².